The van der Waals surface area contributed by atoms with E-state index in [1.807, 2.05) is 36.4 Å². The number of aliphatic hydroxyl groups excluding tert-OH is 1. The molecule has 4 heteroatoms. The lowest BCUT2D eigenvalue weighted by Crippen LogP contribution is -2.13. The Morgan fingerprint density at radius 3 is 2.76 bits per heavy atom. The molecule has 0 saturated carbocycles. The van der Waals surface area contributed by atoms with Gasteiger partial charge < -0.3 is 14.3 Å². The quantitative estimate of drug-likeness (QED) is 0.654. The molecular weight excluding hydrogens is 268 g/mol. The average Bonchev–Trinajstić information content (AvgIpc) is 3.05. The lowest BCUT2D eigenvalue weighted by molar-refractivity contribution is -0.139. The van der Waals surface area contributed by atoms with Crippen molar-refractivity contribution >= 4 is 12.0 Å². The van der Waals surface area contributed by atoms with Gasteiger partial charge in [-0.3, -0.25) is 0 Å². The highest BCUT2D eigenvalue weighted by Gasteiger charge is 2.20. The van der Waals surface area contributed by atoms with Gasteiger partial charge in [0.15, 0.2) is 0 Å². The molecule has 2 aromatic rings. The lowest BCUT2D eigenvalue weighted by atomic mass is 10.1. The first-order chi connectivity index (χ1) is 10.2. The first kappa shape index (κ1) is 14.8. The monoisotopic (exact) mass is 284 g/mol. The second-order valence-corrected chi connectivity index (χ2v) is 4.40. The molecule has 108 valence electrons. The van der Waals surface area contributed by atoms with Crippen molar-refractivity contribution in [3.05, 3.63) is 78.3 Å². The van der Waals surface area contributed by atoms with Gasteiger partial charge in [-0.15, -0.1) is 0 Å². The predicted molar refractivity (Wildman–Crippen MR) is 79.2 cm³/mol. The molecule has 1 aromatic carbocycles. The summed E-state index contributed by atoms with van der Waals surface area (Å²) in [6.07, 6.45) is 5.24. The molecule has 0 bridgehead atoms. The topological polar surface area (TPSA) is 59.7 Å². The molecule has 2 rings (SSSR count). The standard InChI is InChI=1S/C17H16O4/c1-13(16(18)15-9-11-20-12-15)17(19)21-10-5-8-14-6-3-2-4-7-14/h2-9,11-12,16,18H,1,10H2/b8-5+. The molecule has 0 fully saturated rings. The maximum absolute atomic E-state index is 11.7. The van der Waals surface area contributed by atoms with Crippen molar-refractivity contribution in [2.45, 2.75) is 6.10 Å². The molecule has 0 amide bonds. The first-order valence-corrected chi connectivity index (χ1v) is 6.46. The van der Waals surface area contributed by atoms with Gasteiger partial charge in [0.05, 0.1) is 18.1 Å². The van der Waals surface area contributed by atoms with Crippen LogP contribution in [0.4, 0.5) is 0 Å². The minimum atomic E-state index is -1.12. The Morgan fingerprint density at radius 2 is 2.10 bits per heavy atom. The predicted octanol–water partition coefficient (Wildman–Crippen LogP) is 3.13. The summed E-state index contributed by atoms with van der Waals surface area (Å²) in [4.78, 5) is 11.7. The molecule has 21 heavy (non-hydrogen) atoms. The van der Waals surface area contributed by atoms with E-state index >= 15 is 0 Å². The van der Waals surface area contributed by atoms with Gasteiger partial charge in [-0.25, -0.2) is 4.79 Å². The van der Waals surface area contributed by atoms with Crippen LogP contribution >= 0.6 is 0 Å². The van der Waals surface area contributed by atoms with Crippen LogP contribution in [0.1, 0.15) is 17.2 Å². The van der Waals surface area contributed by atoms with E-state index in [1.165, 1.54) is 12.5 Å². The summed E-state index contributed by atoms with van der Waals surface area (Å²) in [5.41, 5.74) is 1.46. The van der Waals surface area contributed by atoms with Crippen LogP contribution in [0.25, 0.3) is 6.08 Å². The van der Waals surface area contributed by atoms with Gasteiger partial charge in [0.2, 0.25) is 0 Å². The van der Waals surface area contributed by atoms with Gasteiger partial charge in [-0.1, -0.05) is 43.0 Å². The summed E-state index contributed by atoms with van der Waals surface area (Å²) in [5, 5.41) is 9.90. The summed E-state index contributed by atoms with van der Waals surface area (Å²) >= 11 is 0. The second-order valence-electron chi connectivity index (χ2n) is 4.40. The zero-order valence-electron chi connectivity index (χ0n) is 11.4. The number of hydrogen-bond donors (Lipinski definition) is 1. The highest BCUT2D eigenvalue weighted by atomic mass is 16.5. The Bertz CT molecular complexity index is 612. The fourth-order valence-electron chi connectivity index (χ4n) is 1.71. The van der Waals surface area contributed by atoms with Crippen LogP contribution in [0.5, 0.6) is 0 Å². The van der Waals surface area contributed by atoms with Crippen molar-refractivity contribution in [2.75, 3.05) is 6.61 Å². The van der Waals surface area contributed by atoms with Crippen molar-refractivity contribution in [1.29, 1.82) is 0 Å². The van der Waals surface area contributed by atoms with Crippen molar-refractivity contribution < 1.29 is 19.1 Å². The lowest BCUT2D eigenvalue weighted by Gasteiger charge is -2.10. The van der Waals surface area contributed by atoms with E-state index in [0.717, 1.165) is 5.56 Å². The Labute approximate surface area is 123 Å². The highest BCUT2D eigenvalue weighted by Crippen LogP contribution is 2.21. The molecule has 4 nitrogen and oxygen atoms in total. The fourth-order valence-corrected chi connectivity index (χ4v) is 1.71. The number of hydrogen-bond acceptors (Lipinski definition) is 4. The zero-order chi connectivity index (χ0) is 15.1. The molecule has 0 aliphatic carbocycles. The van der Waals surface area contributed by atoms with Gasteiger partial charge in [-0.2, -0.15) is 0 Å². The molecule has 1 N–H and O–H groups in total. The number of rotatable bonds is 6. The van der Waals surface area contributed by atoms with Crippen LogP contribution in [0.3, 0.4) is 0 Å². The molecule has 0 spiro atoms. The summed E-state index contributed by atoms with van der Waals surface area (Å²) in [6, 6.07) is 11.2. The van der Waals surface area contributed by atoms with Crippen LogP contribution in [0, 0.1) is 0 Å². The second kappa shape index (κ2) is 7.26. The number of aliphatic hydroxyl groups is 1. The van der Waals surface area contributed by atoms with E-state index < -0.39 is 12.1 Å². The van der Waals surface area contributed by atoms with Gasteiger partial charge in [0, 0.05) is 5.56 Å². The maximum Gasteiger partial charge on any atom is 0.336 e. The summed E-state index contributed by atoms with van der Waals surface area (Å²) in [6.45, 7) is 3.67. The third-order valence-corrected chi connectivity index (χ3v) is 2.87. The minimum absolute atomic E-state index is 0.0236. The third kappa shape index (κ3) is 4.19. The number of benzene rings is 1. The number of esters is 1. The van der Waals surface area contributed by atoms with Crippen LogP contribution in [0.15, 0.2) is 71.6 Å². The zero-order valence-corrected chi connectivity index (χ0v) is 11.4. The summed E-state index contributed by atoms with van der Waals surface area (Å²) < 4.78 is 9.88. The number of furan rings is 1. The Hall–Kier alpha value is -2.59. The van der Waals surface area contributed by atoms with Crippen molar-refractivity contribution in [2.24, 2.45) is 0 Å². The SMILES string of the molecule is C=C(C(=O)OC/C=C/c1ccccc1)C(O)c1ccoc1. The molecule has 0 saturated heterocycles. The molecule has 0 aliphatic heterocycles. The third-order valence-electron chi connectivity index (χ3n) is 2.87. The molecule has 1 aromatic heterocycles. The smallest absolute Gasteiger partial charge is 0.336 e. The van der Waals surface area contributed by atoms with Crippen LogP contribution in [-0.4, -0.2) is 17.7 Å². The summed E-state index contributed by atoms with van der Waals surface area (Å²) in [7, 11) is 0. The van der Waals surface area contributed by atoms with Crippen LogP contribution < -0.4 is 0 Å². The van der Waals surface area contributed by atoms with E-state index in [0.29, 0.717) is 5.56 Å². The fraction of sp³-hybridized carbons (Fsp3) is 0.118. The minimum Gasteiger partial charge on any atom is -0.472 e. The van der Waals surface area contributed by atoms with E-state index in [2.05, 4.69) is 6.58 Å². The van der Waals surface area contributed by atoms with E-state index in [1.54, 1.807) is 12.1 Å². The molecule has 0 aliphatic rings. The summed E-state index contributed by atoms with van der Waals surface area (Å²) in [5.74, 6) is -0.638. The first-order valence-electron chi connectivity index (χ1n) is 6.46. The Morgan fingerprint density at radius 1 is 1.33 bits per heavy atom. The van der Waals surface area contributed by atoms with Gasteiger partial charge in [0.1, 0.15) is 12.7 Å². The van der Waals surface area contributed by atoms with Gasteiger partial charge in [0.25, 0.3) is 0 Å². The maximum atomic E-state index is 11.7. The Balaban J connectivity index is 1.82. The van der Waals surface area contributed by atoms with E-state index in [4.69, 9.17) is 9.15 Å². The van der Waals surface area contributed by atoms with E-state index in [-0.39, 0.29) is 12.2 Å². The highest BCUT2D eigenvalue weighted by molar-refractivity contribution is 5.89. The molecule has 1 atom stereocenters. The largest absolute Gasteiger partial charge is 0.472 e. The van der Waals surface area contributed by atoms with Crippen molar-refractivity contribution in [3.8, 4) is 0 Å². The average molecular weight is 284 g/mol. The van der Waals surface area contributed by atoms with Crippen LogP contribution in [0.2, 0.25) is 0 Å². The molecule has 1 unspecified atom stereocenters. The molecule has 0 radical (unpaired) electrons. The van der Waals surface area contributed by atoms with Crippen LogP contribution in [-0.2, 0) is 9.53 Å². The van der Waals surface area contributed by atoms with Crippen molar-refractivity contribution in [3.63, 3.8) is 0 Å². The molecular formula is C17H16O4. The number of carbonyl (C=O) groups is 1. The van der Waals surface area contributed by atoms with E-state index in [9.17, 15) is 9.90 Å². The number of ether oxygens (including phenoxy) is 1. The van der Waals surface area contributed by atoms with Gasteiger partial charge >= 0.3 is 5.97 Å². The van der Waals surface area contributed by atoms with Crippen molar-refractivity contribution in [1.82, 2.24) is 0 Å². The van der Waals surface area contributed by atoms with Gasteiger partial charge in [-0.05, 0) is 17.7 Å². The number of carbonyl (C=O) groups excluding carboxylic acids is 1. The normalized spacial score (nSPS) is 12.2. The molecule has 1 heterocycles. The Kier molecular flexibility index (Phi) is 5.12.